The first-order valence-electron chi connectivity index (χ1n) is 10.5. The molecule has 0 aromatic carbocycles. The van der Waals surface area contributed by atoms with E-state index in [0.29, 0.717) is 22.3 Å². The van der Waals surface area contributed by atoms with Crippen LogP contribution in [0.3, 0.4) is 0 Å². The van der Waals surface area contributed by atoms with Crippen LogP contribution in [0.15, 0.2) is 57.7 Å². The Bertz CT molecular complexity index is 1760. The molecule has 0 aliphatic heterocycles. The van der Waals surface area contributed by atoms with Crippen molar-refractivity contribution in [2.24, 2.45) is 0 Å². The van der Waals surface area contributed by atoms with E-state index in [2.05, 4.69) is 51.8 Å². The van der Waals surface area contributed by atoms with E-state index >= 15 is 0 Å². The molecular formula is C24H14Br2N6O4. The number of hydrogen-bond acceptors (Lipinski definition) is 8. The van der Waals surface area contributed by atoms with Crippen molar-refractivity contribution >= 4 is 76.9 Å². The van der Waals surface area contributed by atoms with Crippen molar-refractivity contribution < 1.29 is 19.1 Å². The lowest BCUT2D eigenvalue weighted by molar-refractivity contribution is 0.0585. The van der Waals surface area contributed by atoms with Crippen molar-refractivity contribution in [1.82, 2.24) is 28.7 Å². The highest BCUT2D eigenvalue weighted by Crippen LogP contribution is 2.37. The first-order valence-corrected chi connectivity index (χ1v) is 12.1. The zero-order valence-corrected chi connectivity index (χ0v) is 21.9. The maximum absolute atomic E-state index is 12.6. The minimum Gasteiger partial charge on any atom is -0.464 e. The van der Waals surface area contributed by atoms with Gasteiger partial charge in [-0.15, -0.1) is 0 Å². The molecule has 178 valence electrons. The van der Waals surface area contributed by atoms with Crippen LogP contribution in [-0.2, 0) is 9.47 Å². The maximum Gasteiger partial charge on any atom is 0.356 e. The van der Waals surface area contributed by atoms with E-state index in [4.69, 9.17) is 9.47 Å². The molecule has 6 aromatic rings. The van der Waals surface area contributed by atoms with Crippen LogP contribution in [0.5, 0.6) is 0 Å². The van der Waals surface area contributed by atoms with Crippen LogP contribution in [0.1, 0.15) is 21.0 Å². The van der Waals surface area contributed by atoms with Gasteiger partial charge in [0.05, 0.1) is 34.2 Å². The van der Waals surface area contributed by atoms with Crippen molar-refractivity contribution in [2.75, 3.05) is 14.2 Å². The summed E-state index contributed by atoms with van der Waals surface area (Å²) in [5, 5.41) is 1.61. The third-order valence-corrected chi connectivity index (χ3v) is 7.48. The summed E-state index contributed by atoms with van der Waals surface area (Å²) in [6.45, 7) is 0. The zero-order chi connectivity index (χ0) is 25.1. The normalized spacial score (nSPS) is 11.6. The number of carbonyl (C=O) groups excluding carboxylic acids is 2. The molecule has 0 amide bonds. The molecular weight excluding hydrogens is 596 g/mol. The summed E-state index contributed by atoms with van der Waals surface area (Å²) in [4.78, 5) is 43.7. The van der Waals surface area contributed by atoms with Crippen LogP contribution in [0.4, 0.5) is 0 Å². The van der Waals surface area contributed by atoms with Gasteiger partial charge >= 0.3 is 11.9 Å². The van der Waals surface area contributed by atoms with E-state index in [-0.39, 0.29) is 23.0 Å². The first kappa shape index (κ1) is 22.6. The predicted octanol–water partition coefficient (Wildman–Crippen LogP) is 4.84. The van der Waals surface area contributed by atoms with Crippen molar-refractivity contribution in [1.29, 1.82) is 0 Å². The fourth-order valence-corrected chi connectivity index (χ4v) is 5.45. The van der Waals surface area contributed by atoms with Crippen LogP contribution in [0, 0.1) is 0 Å². The second-order valence-electron chi connectivity index (χ2n) is 7.73. The largest absolute Gasteiger partial charge is 0.464 e. The number of fused-ring (bicyclic) bond motifs is 6. The van der Waals surface area contributed by atoms with Crippen LogP contribution in [0.2, 0.25) is 0 Å². The molecule has 6 aromatic heterocycles. The number of methoxy groups -OCH3 is 2. The highest BCUT2D eigenvalue weighted by atomic mass is 79.9. The van der Waals surface area contributed by atoms with Crippen molar-refractivity contribution in [2.45, 2.75) is 0 Å². The quantitative estimate of drug-likeness (QED) is 0.262. The van der Waals surface area contributed by atoms with E-state index in [1.165, 1.54) is 14.2 Å². The molecule has 0 bridgehead atoms. The first-order chi connectivity index (χ1) is 17.4. The smallest absolute Gasteiger partial charge is 0.356 e. The lowest BCUT2D eigenvalue weighted by Gasteiger charge is -2.12. The van der Waals surface area contributed by atoms with Crippen LogP contribution >= 0.6 is 31.9 Å². The number of rotatable bonds is 3. The average molecular weight is 610 g/mol. The summed E-state index contributed by atoms with van der Waals surface area (Å²) in [6, 6.07) is 10.7. The fourth-order valence-electron chi connectivity index (χ4n) is 4.25. The van der Waals surface area contributed by atoms with Gasteiger partial charge in [0, 0.05) is 23.2 Å². The molecule has 0 saturated heterocycles. The van der Waals surface area contributed by atoms with E-state index in [1.54, 1.807) is 33.3 Å². The Morgan fingerprint density at radius 2 is 1.17 bits per heavy atom. The zero-order valence-electron chi connectivity index (χ0n) is 18.7. The Morgan fingerprint density at radius 1 is 0.750 bits per heavy atom. The average Bonchev–Trinajstić information content (AvgIpc) is 3.38. The van der Waals surface area contributed by atoms with Gasteiger partial charge in [-0.2, -0.15) is 0 Å². The number of pyridine rings is 2. The van der Waals surface area contributed by atoms with Crippen LogP contribution in [-0.4, -0.2) is 54.9 Å². The number of halogens is 2. The Hall–Kier alpha value is -3.90. The van der Waals surface area contributed by atoms with Gasteiger partial charge in [0.1, 0.15) is 11.3 Å². The summed E-state index contributed by atoms with van der Waals surface area (Å²) < 4.78 is 14.9. The molecule has 6 rings (SSSR count). The van der Waals surface area contributed by atoms with Crippen molar-refractivity contribution in [3.63, 3.8) is 0 Å². The molecule has 0 unspecified atom stereocenters. The third-order valence-electron chi connectivity index (χ3n) is 5.81. The van der Waals surface area contributed by atoms with E-state index in [9.17, 15) is 9.59 Å². The Morgan fingerprint density at radius 3 is 1.56 bits per heavy atom. The van der Waals surface area contributed by atoms with Crippen molar-refractivity contribution in [3.8, 4) is 11.6 Å². The van der Waals surface area contributed by atoms with Gasteiger partial charge < -0.3 is 9.47 Å². The minimum atomic E-state index is -0.624. The highest BCUT2D eigenvalue weighted by Gasteiger charge is 2.26. The topological polar surface area (TPSA) is 113 Å². The van der Waals surface area contributed by atoms with Gasteiger partial charge in [-0.3, -0.25) is 8.80 Å². The number of nitrogens with zero attached hydrogens (tertiary/aromatic N) is 6. The standard InChI is InChI=1S/C24H14Br2N6O4/c1-35-23(33)13-9-15-17(25)11-5-3-7-27-19(11)31(15)21(29-13)22-30-14(24(34)36-2)10-16-18(26)12-6-4-8-28-20(12)32(16)22/h3-10H,1-2H3. The van der Waals surface area contributed by atoms with Gasteiger partial charge in [0.15, 0.2) is 23.0 Å². The number of carbonyl (C=O) groups is 2. The van der Waals surface area contributed by atoms with E-state index in [0.717, 1.165) is 19.7 Å². The molecule has 0 spiro atoms. The predicted molar refractivity (Wildman–Crippen MR) is 138 cm³/mol. The Kier molecular flexibility index (Phi) is 5.23. The number of hydrogen-bond donors (Lipinski definition) is 0. The second-order valence-corrected chi connectivity index (χ2v) is 9.32. The molecule has 36 heavy (non-hydrogen) atoms. The Balaban J connectivity index is 1.87. The molecule has 12 heteroatoms. The molecule has 0 atom stereocenters. The van der Waals surface area contributed by atoms with Gasteiger partial charge in [-0.1, -0.05) is 0 Å². The summed E-state index contributed by atoms with van der Waals surface area (Å²) >= 11 is 7.29. The molecule has 10 nitrogen and oxygen atoms in total. The molecule has 0 N–H and O–H groups in total. The highest BCUT2D eigenvalue weighted by molar-refractivity contribution is 9.11. The monoisotopic (exact) mass is 608 g/mol. The van der Waals surface area contributed by atoms with Gasteiger partial charge in [0.25, 0.3) is 0 Å². The van der Waals surface area contributed by atoms with E-state index < -0.39 is 11.9 Å². The fraction of sp³-hybridized carbons (Fsp3) is 0.0833. The SMILES string of the molecule is COC(=O)c1cc2c(Br)c3cccnc3n2c(-c2nc(C(=O)OC)cc3c(Br)c4cccnc4n23)n1. The molecule has 0 aliphatic rings. The summed E-state index contributed by atoms with van der Waals surface area (Å²) in [5.41, 5.74) is 2.53. The maximum atomic E-state index is 12.6. The van der Waals surface area contributed by atoms with Crippen molar-refractivity contribution in [3.05, 3.63) is 69.1 Å². The number of ether oxygens (including phenoxy) is 2. The molecule has 6 heterocycles. The second kappa shape index (κ2) is 8.35. The van der Waals surface area contributed by atoms with Gasteiger partial charge in [0.2, 0.25) is 0 Å². The minimum absolute atomic E-state index is 0.0606. The molecule has 0 saturated carbocycles. The lowest BCUT2D eigenvalue weighted by atomic mass is 10.3. The summed E-state index contributed by atoms with van der Waals surface area (Å²) in [5.74, 6) is -0.733. The molecule has 0 aliphatic carbocycles. The van der Waals surface area contributed by atoms with Crippen LogP contribution in [0.25, 0.3) is 44.7 Å². The van der Waals surface area contributed by atoms with Gasteiger partial charge in [-0.05, 0) is 68.3 Å². The number of esters is 2. The van der Waals surface area contributed by atoms with E-state index in [1.807, 2.05) is 24.3 Å². The lowest BCUT2D eigenvalue weighted by Crippen LogP contribution is -2.13. The van der Waals surface area contributed by atoms with Gasteiger partial charge in [-0.25, -0.2) is 29.5 Å². The third kappa shape index (κ3) is 3.14. The number of aromatic nitrogens is 6. The molecule has 0 fully saturated rings. The van der Waals surface area contributed by atoms with Crippen LogP contribution < -0.4 is 0 Å². The Labute approximate surface area is 219 Å². The molecule has 0 radical (unpaired) electrons. The summed E-state index contributed by atoms with van der Waals surface area (Å²) in [7, 11) is 2.57. The summed E-state index contributed by atoms with van der Waals surface area (Å²) in [6.07, 6.45) is 3.33.